The highest BCUT2D eigenvalue weighted by molar-refractivity contribution is 7.09. The first-order chi connectivity index (χ1) is 10.1. The van der Waals surface area contributed by atoms with Crippen LogP contribution >= 0.6 is 11.3 Å². The van der Waals surface area contributed by atoms with Gasteiger partial charge in [0.15, 0.2) is 0 Å². The molecule has 21 heavy (non-hydrogen) atoms. The van der Waals surface area contributed by atoms with E-state index in [-0.39, 0.29) is 31.4 Å². The number of nitrogens with zero attached hydrogens (tertiary/aromatic N) is 1. The van der Waals surface area contributed by atoms with Crippen molar-refractivity contribution in [3.63, 3.8) is 0 Å². The molecule has 0 saturated carbocycles. The number of carboxylic acids is 1. The maximum Gasteiger partial charge on any atom is 0.322 e. The molecule has 3 N–H and O–H groups in total. The highest BCUT2D eigenvalue weighted by Gasteiger charge is 2.32. The molecule has 1 aromatic rings. The molecule has 8 heteroatoms. The number of piperazine rings is 1. The number of amides is 2. The van der Waals surface area contributed by atoms with E-state index in [1.807, 2.05) is 17.5 Å². The normalized spacial score (nSPS) is 19.0. The Labute approximate surface area is 125 Å². The first-order valence-corrected chi connectivity index (χ1v) is 7.47. The van der Waals surface area contributed by atoms with Gasteiger partial charge < -0.3 is 15.7 Å². The van der Waals surface area contributed by atoms with Crippen molar-refractivity contribution in [2.45, 2.75) is 12.5 Å². The lowest BCUT2D eigenvalue weighted by Crippen LogP contribution is -2.59. The standard InChI is InChI=1S/C13H17N3O4S/c17-11(14-4-3-9-2-1-5-21-9)7-16-8-12(18)15-6-10(16)13(19)20/h1-2,5,10H,3-4,6-8H2,(H,14,17)(H,15,18)(H,19,20). The minimum Gasteiger partial charge on any atom is -0.480 e. The van der Waals surface area contributed by atoms with Crippen molar-refractivity contribution in [1.82, 2.24) is 15.5 Å². The minimum atomic E-state index is -1.04. The topological polar surface area (TPSA) is 98.7 Å². The second-order valence-corrected chi connectivity index (χ2v) is 5.77. The zero-order chi connectivity index (χ0) is 15.2. The van der Waals surface area contributed by atoms with Crippen molar-refractivity contribution < 1.29 is 19.5 Å². The number of nitrogens with one attached hydrogen (secondary N) is 2. The van der Waals surface area contributed by atoms with E-state index in [4.69, 9.17) is 5.11 Å². The van der Waals surface area contributed by atoms with Gasteiger partial charge in [-0.05, 0) is 17.9 Å². The summed E-state index contributed by atoms with van der Waals surface area (Å²) >= 11 is 1.62. The van der Waals surface area contributed by atoms with Crippen LogP contribution < -0.4 is 10.6 Å². The van der Waals surface area contributed by atoms with Gasteiger partial charge >= 0.3 is 5.97 Å². The molecule has 0 aromatic carbocycles. The molecular weight excluding hydrogens is 294 g/mol. The summed E-state index contributed by atoms with van der Waals surface area (Å²) in [4.78, 5) is 36.8. The van der Waals surface area contributed by atoms with E-state index in [9.17, 15) is 14.4 Å². The monoisotopic (exact) mass is 311 g/mol. The summed E-state index contributed by atoms with van der Waals surface area (Å²) in [5, 5.41) is 16.3. The van der Waals surface area contributed by atoms with Gasteiger partial charge in [0.05, 0.1) is 13.1 Å². The lowest BCUT2D eigenvalue weighted by molar-refractivity contribution is -0.146. The predicted molar refractivity (Wildman–Crippen MR) is 77.0 cm³/mol. The molecule has 0 bridgehead atoms. The van der Waals surface area contributed by atoms with Crippen LogP contribution in [0.15, 0.2) is 17.5 Å². The quantitative estimate of drug-likeness (QED) is 0.645. The van der Waals surface area contributed by atoms with Crippen LogP contribution in [0.5, 0.6) is 0 Å². The second kappa shape index (κ2) is 7.19. The van der Waals surface area contributed by atoms with Gasteiger partial charge in [-0.1, -0.05) is 6.07 Å². The third kappa shape index (κ3) is 4.54. The Bertz CT molecular complexity index is 517. The van der Waals surface area contributed by atoms with Crippen LogP contribution in [-0.4, -0.2) is 60.0 Å². The van der Waals surface area contributed by atoms with Gasteiger partial charge in [0.1, 0.15) is 6.04 Å². The van der Waals surface area contributed by atoms with E-state index >= 15 is 0 Å². The first-order valence-electron chi connectivity index (χ1n) is 6.59. The fourth-order valence-corrected chi connectivity index (χ4v) is 2.83. The summed E-state index contributed by atoms with van der Waals surface area (Å²) < 4.78 is 0. The molecule has 0 aliphatic carbocycles. The van der Waals surface area contributed by atoms with Gasteiger partial charge in [-0.3, -0.25) is 19.3 Å². The molecule has 1 aromatic heterocycles. The third-order valence-corrected chi connectivity index (χ3v) is 4.12. The lowest BCUT2D eigenvalue weighted by Gasteiger charge is -2.31. The highest BCUT2D eigenvalue weighted by Crippen LogP contribution is 2.08. The number of thiophene rings is 1. The van der Waals surface area contributed by atoms with Crippen molar-refractivity contribution in [1.29, 1.82) is 0 Å². The van der Waals surface area contributed by atoms with E-state index in [2.05, 4.69) is 10.6 Å². The molecule has 1 unspecified atom stereocenters. The molecule has 2 rings (SSSR count). The van der Waals surface area contributed by atoms with Crippen LogP contribution in [0.25, 0.3) is 0 Å². The van der Waals surface area contributed by atoms with Gasteiger partial charge in [-0.15, -0.1) is 11.3 Å². The third-order valence-electron chi connectivity index (χ3n) is 3.19. The van der Waals surface area contributed by atoms with Gasteiger partial charge in [-0.2, -0.15) is 0 Å². The summed E-state index contributed by atoms with van der Waals surface area (Å²) in [6.07, 6.45) is 0.742. The molecule has 1 aliphatic heterocycles. The van der Waals surface area contributed by atoms with Crippen LogP contribution in [0.1, 0.15) is 4.88 Å². The molecule has 1 saturated heterocycles. The molecule has 2 heterocycles. The molecule has 1 aliphatic rings. The van der Waals surface area contributed by atoms with Gasteiger partial charge in [0.25, 0.3) is 0 Å². The van der Waals surface area contributed by atoms with E-state index < -0.39 is 12.0 Å². The number of carbonyl (C=O) groups excluding carboxylic acids is 2. The van der Waals surface area contributed by atoms with Crippen LogP contribution in [-0.2, 0) is 20.8 Å². The molecule has 0 spiro atoms. The molecule has 1 fully saturated rings. The maximum absolute atomic E-state index is 11.8. The van der Waals surface area contributed by atoms with Gasteiger partial charge in [0.2, 0.25) is 11.8 Å². The van der Waals surface area contributed by atoms with E-state index in [0.717, 1.165) is 6.42 Å². The molecule has 114 valence electrons. The number of hydrogen-bond acceptors (Lipinski definition) is 5. The molecule has 7 nitrogen and oxygen atoms in total. The number of aliphatic carboxylic acids is 1. The molecule has 2 amide bonds. The van der Waals surface area contributed by atoms with E-state index in [1.165, 1.54) is 9.78 Å². The SMILES string of the molecule is O=C(CN1CC(=O)NCC1C(=O)O)NCCc1cccs1. The lowest BCUT2D eigenvalue weighted by atomic mass is 10.2. The first kappa shape index (κ1) is 15.5. The van der Waals surface area contributed by atoms with Crippen molar-refractivity contribution in [3.05, 3.63) is 22.4 Å². The van der Waals surface area contributed by atoms with Crippen molar-refractivity contribution in [2.24, 2.45) is 0 Å². The summed E-state index contributed by atoms with van der Waals surface area (Å²) in [5.74, 6) is -1.58. The van der Waals surface area contributed by atoms with Crippen molar-refractivity contribution in [2.75, 3.05) is 26.2 Å². The highest BCUT2D eigenvalue weighted by atomic mass is 32.1. The number of carbonyl (C=O) groups is 3. The molecular formula is C13H17N3O4S. The second-order valence-electron chi connectivity index (χ2n) is 4.74. The number of carboxylic acid groups (broad SMARTS) is 1. The average molecular weight is 311 g/mol. The van der Waals surface area contributed by atoms with E-state index in [0.29, 0.717) is 6.54 Å². The summed E-state index contributed by atoms with van der Waals surface area (Å²) in [5.41, 5.74) is 0. The molecule has 0 radical (unpaired) electrons. The summed E-state index contributed by atoms with van der Waals surface area (Å²) in [6, 6.07) is 3.09. The van der Waals surface area contributed by atoms with Gasteiger partial charge in [-0.25, -0.2) is 0 Å². The van der Waals surface area contributed by atoms with Crippen molar-refractivity contribution >= 4 is 29.1 Å². The molecule has 1 atom stereocenters. The van der Waals surface area contributed by atoms with E-state index in [1.54, 1.807) is 11.3 Å². The number of hydrogen-bond donors (Lipinski definition) is 3. The Morgan fingerprint density at radius 2 is 2.33 bits per heavy atom. The van der Waals surface area contributed by atoms with Crippen LogP contribution in [0.4, 0.5) is 0 Å². The Kier molecular flexibility index (Phi) is 5.29. The van der Waals surface area contributed by atoms with Crippen LogP contribution in [0, 0.1) is 0 Å². The van der Waals surface area contributed by atoms with Crippen molar-refractivity contribution in [3.8, 4) is 0 Å². The maximum atomic E-state index is 11.8. The fourth-order valence-electron chi connectivity index (χ4n) is 2.12. The zero-order valence-corrected chi connectivity index (χ0v) is 12.2. The fraction of sp³-hybridized carbons (Fsp3) is 0.462. The smallest absolute Gasteiger partial charge is 0.322 e. The largest absolute Gasteiger partial charge is 0.480 e. The zero-order valence-electron chi connectivity index (χ0n) is 11.4. The average Bonchev–Trinajstić information content (AvgIpc) is 2.91. The Morgan fingerprint density at radius 1 is 1.52 bits per heavy atom. The number of rotatable bonds is 6. The van der Waals surface area contributed by atoms with Crippen LogP contribution in [0.3, 0.4) is 0 Å². The summed E-state index contributed by atoms with van der Waals surface area (Å²) in [6.45, 7) is 0.359. The summed E-state index contributed by atoms with van der Waals surface area (Å²) in [7, 11) is 0. The Morgan fingerprint density at radius 3 is 3.00 bits per heavy atom. The minimum absolute atomic E-state index is 0.0244. The Hall–Kier alpha value is -1.93. The Balaban J connectivity index is 1.79. The van der Waals surface area contributed by atoms with Crippen LogP contribution in [0.2, 0.25) is 0 Å². The van der Waals surface area contributed by atoms with Gasteiger partial charge in [0, 0.05) is 18.0 Å². The predicted octanol–water partition coefficient (Wildman–Crippen LogP) is -0.708.